The van der Waals surface area contributed by atoms with Gasteiger partial charge in [-0.3, -0.25) is 0 Å². The number of thiophene rings is 1. The van der Waals surface area contributed by atoms with Crippen molar-refractivity contribution in [2.24, 2.45) is 0 Å². The number of nitrogens with zero attached hydrogens (tertiary/aromatic N) is 1. The Bertz CT molecular complexity index is 591. The van der Waals surface area contributed by atoms with E-state index in [-0.39, 0.29) is 58.8 Å². The molecule has 0 saturated heterocycles. The summed E-state index contributed by atoms with van der Waals surface area (Å²) in [6.07, 6.45) is 0. The number of hydrogen-bond donors (Lipinski definition) is 1. The van der Waals surface area contributed by atoms with Crippen LogP contribution in [0.3, 0.4) is 0 Å². The topological polar surface area (TPSA) is 56.9 Å². The summed E-state index contributed by atoms with van der Waals surface area (Å²) in [6.45, 7) is 11.5. The van der Waals surface area contributed by atoms with E-state index in [1.54, 1.807) is 25.1 Å². The first-order chi connectivity index (χ1) is 10.2. The average Bonchev–Trinajstić information content (AvgIpc) is 3.00. The molecule has 3 nitrogen and oxygen atoms in total. The van der Waals surface area contributed by atoms with E-state index in [1.165, 1.54) is 0 Å². The van der Waals surface area contributed by atoms with Crippen molar-refractivity contribution in [1.29, 1.82) is 10.7 Å². The Morgan fingerprint density at radius 1 is 1.17 bits per heavy atom. The van der Waals surface area contributed by atoms with Gasteiger partial charge < -0.3 is 24.3 Å². The van der Waals surface area contributed by atoms with Gasteiger partial charge in [0.25, 0.3) is 0 Å². The molecule has 1 aromatic carbocycles. The van der Waals surface area contributed by atoms with Crippen molar-refractivity contribution in [3.8, 4) is 17.2 Å². The van der Waals surface area contributed by atoms with Gasteiger partial charge in [-0.25, -0.2) is 0 Å². The molecule has 0 saturated carbocycles. The Morgan fingerprint density at radius 2 is 1.78 bits per heavy atom. The molecule has 120 valence electrons. The maximum Gasteiger partial charge on any atom is 1.00 e. The summed E-state index contributed by atoms with van der Waals surface area (Å²) in [5, 5.41) is 16.3. The first kappa shape index (κ1) is 27.4. The summed E-state index contributed by atoms with van der Waals surface area (Å²) >= 11 is 1.62. The van der Waals surface area contributed by atoms with Crippen LogP contribution in [-0.4, -0.2) is 13.8 Å². The molecule has 0 aliphatic carbocycles. The van der Waals surface area contributed by atoms with Crippen LogP contribution in [-0.2, 0) is 4.74 Å². The Balaban J connectivity index is -0.000000619. The van der Waals surface area contributed by atoms with E-state index in [4.69, 9.17) is 15.4 Å². The molecule has 1 aromatic heterocycles. The minimum Gasteiger partial charge on any atom is -0.522 e. The average molecular weight is 355 g/mol. The molecule has 5 heteroatoms. The van der Waals surface area contributed by atoms with Crippen molar-refractivity contribution in [2.75, 3.05) is 7.11 Å². The molecule has 0 spiro atoms. The van der Waals surface area contributed by atoms with Gasteiger partial charge in [-0.1, -0.05) is 32.1 Å². The van der Waals surface area contributed by atoms with Crippen LogP contribution in [0.25, 0.3) is 11.1 Å². The van der Waals surface area contributed by atoms with E-state index in [0.29, 0.717) is 5.56 Å². The number of aryl methyl sites for hydroxylation is 1. The second-order valence-electron chi connectivity index (χ2n) is 3.79. The number of methoxy groups -OCH3 is 1. The third-order valence-electron chi connectivity index (χ3n) is 2.39. The molecule has 23 heavy (non-hydrogen) atoms. The van der Waals surface area contributed by atoms with Crippen LogP contribution in [0.2, 0.25) is 0 Å². The zero-order valence-corrected chi connectivity index (χ0v) is 18.7. The maximum absolute atomic E-state index is 8.95. The number of nitrogens with one attached hydrogen (secondary N) is 1. The first-order valence-corrected chi connectivity index (χ1v) is 7.36. The van der Waals surface area contributed by atoms with Crippen LogP contribution in [0.15, 0.2) is 29.6 Å². The van der Waals surface area contributed by atoms with Gasteiger partial charge in [0.15, 0.2) is 0 Å². The number of hydrogen-bond acceptors (Lipinski definition) is 4. The molecule has 0 fully saturated rings. The van der Waals surface area contributed by atoms with E-state index in [0.717, 1.165) is 21.6 Å². The van der Waals surface area contributed by atoms with Gasteiger partial charge in [0.2, 0.25) is 0 Å². The maximum atomic E-state index is 8.95. The molecule has 1 heterocycles. The summed E-state index contributed by atoms with van der Waals surface area (Å²) in [7, 11) is 1.64. The van der Waals surface area contributed by atoms with Crippen molar-refractivity contribution < 1.29 is 56.1 Å². The molecule has 1 N–H and O–H groups in total. The fourth-order valence-electron chi connectivity index (χ4n) is 1.70. The molecule has 2 rings (SSSR count). The van der Waals surface area contributed by atoms with E-state index in [2.05, 4.69) is 30.3 Å². The van der Waals surface area contributed by atoms with Gasteiger partial charge in [0, 0.05) is 7.11 Å². The zero-order valence-electron chi connectivity index (χ0n) is 14.8. The van der Waals surface area contributed by atoms with Crippen LogP contribution in [0.5, 0.6) is 0 Å². The van der Waals surface area contributed by atoms with Crippen molar-refractivity contribution in [2.45, 2.75) is 20.8 Å². The van der Waals surface area contributed by atoms with Crippen LogP contribution < -0.4 is 51.4 Å². The monoisotopic (exact) mass is 354 g/mol. The molecule has 0 radical (unpaired) electrons. The second-order valence-corrected chi connectivity index (χ2v) is 4.73. The van der Waals surface area contributed by atoms with Crippen LogP contribution >= 0.6 is 11.3 Å². The minimum atomic E-state index is 0. The van der Waals surface area contributed by atoms with Crippen LogP contribution in [0.1, 0.15) is 29.9 Å². The predicted molar refractivity (Wildman–Crippen MR) is 96.2 cm³/mol. The van der Waals surface area contributed by atoms with E-state index < -0.39 is 0 Å². The van der Waals surface area contributed by atoms with Gasteiger partial charge >= 0.3 is 51.4 Å². The Hall–Kier alpha value is -0.454. The van der Waals surface area contributed by atoms with Crippen molar-refractivity contribution in [3.05, 3.63) is 59.7 Å². The van der Waals surface area contributed by atoms with E-state index in [9.17, 15) is 0 Å². The summed E-state index contributed by atoms with van der Waals surface area (Å²) in [4.78, 5) is 1.07. The Kier molecular flexibility index (Phi) is 19.5. The van der Waals surface area contributed by atoms with Gasteiger partial charge in [-0.05, 0) is 35.6 Å². The predicted octanol–water partition coefficient (Wildman–Crippen LogP) is 2.37. The number of nitriles is 1. The molecular weight excluding hydrogens is 331 g/mol. The van der Waals surface area contributed by atoms with Crippen molar-refractivity contribution in [3.63, 3.8) is 0 Å². The zero-order chi connectivity index (χ0) is 16.3. The fraction of sp³-hybridized carbons (Fsp3) is 0.222. The third kappa shape index (κ3) is 9.43. The molecule has 0 unspecified atom stereocenters. The standard InChI is InChI=1S/C14H12NOS.C2H6.CH2N.CH3.K/c1-10-3-11(7-15)5-12(4-10)13-6-14(8-16-2)17-9-13;2*1-2;;/h3-6,8-9H,1-2H3;1-2H3;1-2H;1H3;/q-1;;2*-1;+1. The molecule has 0 aliphatic heterocycles. The minimum absolute atomic E-state index is 0. The molecule has 0 bridgehead atoms. The molecule has 0 aliphatic rings. The summed E-state index contributed by atoms with van der Waals surface area (Å²) in [6, 6.07) is 10.1. The summed E-state index contributed by atoms with van der Waals surface area (Å²) in [5.74, 6) is 0. The third-order valence-corrected chi connectivity index (χ3v) is 3.25. The van der Waals surface area contributed by atoms with Gasteiger partial charge in [-0.15, -0.1) is 4.88 Å². The van der Waals surface area contributed by atoms with Gasteiger partial charge in [0.05, 0.1) is 11.6 Å². The van der Waals surface area contributed by atoms with Crippen LogP contribution in [0, 0.1) is 37.7 Å². The number of benzene rings is 1. The van der Waals surface area contributed by atoms with E-state index >= 15 is 0 Å². The van der Waals surface area contributed by atoms with Crippen LogP contribution in [0.4, 0.5) is 0 Å². The number of rotatable bonds is 3. The van der Waals surface area contributed by atoms with Crippen molar-refractivity contribution >= 4 is 18.1 Å². The Morgan fingerprint density at radius 3 is 2.30 bits per heavy atom. The number of ether oxygens (including phenoxy) is 1. The second kappa shape index (κ2) is 16.4. The SMILES string of the molecule is CC.CO[CH-]c1cc(-c2cc(C)cc(C#N)c2)cs1.[CH-]=N.[CH3-].[K+]. The summed E-state index contributed by atoms with van der Waals surface area (Å²) in [5.41, 5.74) is 4.00. The smallest absolute Gasteiger partial charge is 0.522 e. The van der Waals surface area contributed by atoms with Crippen molar-refractivity contribution in [1.82, 2.24) is 0 Å². The first-order valence-electron chi connectivity index (χ1n) is 6.48. The molecule has 2 aromatic rings. The van der Waals surface area contributed by atoms with Gasteiger partial charge in [-0.2, -0.15) is 22.7 Å². The quantitative estimate of drug-likeness (QED) is 0.523. The van der Waals surface area contributed by atoms with E-state index in [1.807, 2.05) is 32.9 Å². The van der Waals surface area contributed by atoms with Gasteiger partial charge in [0.1, 0.15) is 0 Å². The summed E-state index contributed by atoms with van der Waals surface area (Å²) < 4.78 is 4.98. The normalized spacial score (nSPS) is 7.78. The fourth-order valence-corrected chi connectivity index (χ4v) is 2.51. The molecule has 0 amide bonds. The molecule has 0 atom stereocenters. The molecular formula is C18H23KN2OS-2. The Labute approximate surface area is 187 Å². The largest absolute Gasteiger partial charge is 1.00 e.